The summed E-state index contributed by atoms with van der Waals surface area (Å²) in [5.74, 6) is 0.428. The van der Waals surface area contributed by atoms with E-state index in [2.05, 4.69) is 10.3 Å². The number of amides is 1. The van der Waals surface area contributed by atoms with E-state index in [0.717, 1.165) is 10.1 Å². The maximum atomic E-state index is 12.5. The van der Waals surface area contributed by atoms with E-state index >= 15 is 0 Å². The average molecular weight is 354 g/mol. The second-order valence-corrected chi connectivity index (χ2v) is 5.84. The number of hydrogen-bond acceptors (Lipinski definition) is 5. The highest BCUT2D eigenvalue weighted by atomic mass is 16.5. The first-order valence-electron chi connectivity index (χ1n) is 7.90. The Morgan fingerprint density at radius 3 is 2.46 bits per heavy atom. The van der Waals surface area contributed by atoms with Crippen molar-refractivity contribution in [3.8, 4) is 5.75 Å². The van der Waals surface area contributed by atoms with Crippen LogP contribution >= 0.6 is 0 Å². The van der Waals surface area contributed by atoms with E-state index < -0.39 is 11.2 Å². The highest BCUT2D eigenvalue weighted by Gasteiger charge is 2.15. The summed E-state index contributed by atoms with van der Waals surface area (Å²) in [6.07, 6.45) is 1.59. The first-order chi connectivity index (χ1) is 12.4. The van der Waals surface area contributed by atoms with Gasteiger partial charge in [-0.1, -0.05) is 12.1 Å². The molecule has 0 saturated heterocycles. The molecule has 0 atom stereocenters. The molecule has 0 aliphatic carbocycles. The van der Waals surface area contributed by atoms with Gasteiger partial charge in [-0.05, 0) is 23.8 Å². The molecule has 134 valence electrons. The number of pyridine rings is 1. The van der Waals surface area contributed by atoms with E-state index in [1.54, 1.807) is 37.4 Å². The Morgan fingerprint density at radius 1 is 1.12 bits per heavy atom. The molecule has 0 aliphatic heterocycles. The fraction of sp³-hybridized carbons (Fsp3) is 0.222. The van der Waals surface area contributed by atoms with E-state index in [9.17, 15) is 14.4 Å². The minimum atomic E-state index is -0.504. The Balaban J connectivity index is 1.94. The van der Waals surface area contributed by atoms with Crippen molar-refractivity contribution in [3.63, 3.8) is 0 Å². The molecule has 0 fully saturated rings. The van der Waals surface area contributed by atoms with Crippen LogP contribution in [0.2, 0.25) is 0 Å². The molecule has 1 N–H and O–H groups in total. The van der Waals surface area contributed by atoms with Crippen molar-refractivity contribution < 1.29 is 9.53 Å². The second-order valence-electron chi connectivity index (χ2n) is 5.84. The van der Waals surface area contributed by atoms with Gasteiger partial charge in [0.05, 0.1) is 19.2 Å². The molecular formula is C18H18N4O4. The number of fused-ring (bicyclic) bond motifs is 1. The van der Waals surface area contributed by atoms with E-state index in [0.29, 0.717) is 11.4 Å². The zero-order valence-electron chi connectivity index (χ0n) is 14.6. The van der Waals surface area contributed by atoms with Gasteiger partial charge in [-0.25, -0.2) is 9.78 Å². The maximum Gasteiger partial charge on any atom is 0.332 e. The zero-order valence-corrected chi connectivity index (χ0v) is 14.6. The standard InChI is InChI=1S/C18H18N4O4/c1-21-16-15(17(24)22(2)18(21)25)13(8-9-19-16)20-14(23)10-11-4-6-12(26-3)7-5-11/h4-9H,10H2,1-3H3,(H,19,20,23). The molecule has 0 spiro atoms. The smallest absolute Gasteiger partial charge is 0.332 e. The summed E-state index contributed by atoms with van der Waals surface area (Å²) in [5.41, 5.74) is 0.375. The molecular weight excluding hydrogens is 336 g/mol. The Bertz CT molecular complexity index is 1100. The third-order valence-electron chi connectivity index (χ3n) is 4.14. The van der Waals surface area contributed by atoms with Gasteiger partial charge in [0.15, 0.2) is 5.65 Å². The van der Waals surface area contributed by atoms with Crippen molar-refractivity contribution >= 4 is 22.6 Å². The van der Waals surface area contributed by atoms with Crippen LogP contribution in [-0.4, -0.2) is 27.1 Å². The number of carbonyl (C=O) groups is 1. The number of nitrogens with one attached hydrogen (secondary N) is 1. The summed E-state index contributed by atoms with van der Waals surface area (Å²) in [6.45, 7) is 0. The monoisotopic (exact) mass is 354 g/mol. The van der Waals surface area contributed by atoms with E-state index in [1.807, 2.05) is 0 Å². The number of hydrogen-bond donors (Lipinski definition) is 1. The molecule has 2 aromatic heterocycles. The van der Waals surface area contributed by atoms with E-state index in [-0.39, 0.29) is 23.4 Å². The molecule has 26 heavy (non-hydrogen) atoms. The number of anilines is 1. The SMILES string of the molecule is COc1ccc(CC(=O)Nc2ccnc3c2c(=O)n(C)c(=O)n3C)cc1. The lowest BCUT2D eigenvalue weighted by atomic mass is 10.1. The molecule has 0 radical (unpaired) electrons. The van der Waals surface area contributed by atoms with Gasteiger partial charge in [0.25, 0.3) is 5.56 Å². The van der Waals surface area contributed by atoms with Gasteiger partial charge < -0.3 is 10.1 Å². The van der Waals surface area contributed by atoms with Crippen molar-refractivity contribution in [2.24, 2.45) is 14.1 Å². The lowest BCUT2D eigenvalue weighted by Crippen LogP contribution is -2.37. The molecule has 8 nitrogen and oxygen atoms in total. The van der Waals surface area contributed by atoms with Crippen LogP contribution in [0.5, 0.6) is 5.75 Å². The molecule has 1 aromatic carbocycles. The predicted molar refractivity (Wildman–Crippen MR) is 97.6 cm³/mol. The van der Waals surface area contributed by atoms with Crippen molar-refractivity contribution in [2.75, 3.05) is 12.4 Å². The van der Waals surface area contributed by atoms with Crippen molar-refractivity contribution in [3.05, 3.63) is 62.9 Å². The average Bonchev–Trinajstić information content (AvgIpc) is 2.65. The number of aromatic nitrogens is 3. The summed E-state index contributed by atoms with van der Waals surface area (Å²) in [6, 6.07) is 8.68. The predicted octanol–water partition coefficient (Wildman–Crippen LogP) is 0.822. The summed E-state index contributed by atoms with van der Waals surface area (Å²) in [4.78, 5) is 41.0. The third-order valence-corrected chi connectivity index (χ3v) is 4.14. The molecule has 8 heteroatoms. The fourth-order valence-electron chi connectivity index (χ4n) is 2.71. The third kappa shape index (κ3) is 3.08. The fourth-order valence-corrected chi connectivity index (χ4v) is 2.71. The number of rotatable bonds is 4. The van der Waals surface area contributed by atoms with Crippen molar-refractivity contribution in [1.82, 2.24) is 14.1 Å². The number of methoxy groups -OCH3 is 1. The lowest BCUT2D eigenvalue weighted by Gasteiger charge is -2.11. The Hall–Kier alpha value is -3.42. The largest absolute Gasteiger partial charge is 0.497 e. The van der Waals surface area contributed by atoms with Crippen LogP contribution in [0, 0.1) is 0 Å². The van der Waals surface area contributed by atoms with Gasteiger partial charge in [-0.15, -0.1) is 0 Å². The molecule has 0 unspecified atom stereocenters. The Labute approximate surface area is 148 Å². The van der Waals surface area contributed by atoms with Crippen molar-refractivity contribution in [1.29, 1.82) is 0 Å². The first kappa shape index (κ1) is 17.4. The molecule has 0 saturated carbocycles. The molecule has 3 aromatic rings. The van der Waals surface area contributed by atoms with Crippen molar-refractivity contribution in [2.45, 2.75) is 6.42 Å². The van der Waals surface area contributed by atoms with Crippen LogP contribution in [0.3, 0.4) is 0 Å². The topological polar surface area (TPSA) is 95.2 Å². The highest BCUT2D eigenvalue weighted by molar-refractivity contribution is 6.00. The minimum Gasteiger partial charge on any atom is -0.497 e. The number of nitrogens with zero attached hydrogens (tertiary/aromatic N) is 3. The van der Waals surface area contributed by atoms with Gasteiger partial charge in [-0.2, -0.15) is 0 Å². The maximum absolute atomic E-state index is 12.5. The van der Waals surface area contributed by atoms with Gasteiger partial charge in [0.2, 0.25) is 5.91 Å². The normalized spacial score (nSPS) is 10.7. The minimum absolute atomic E-state index is 0.139. The zero-order chi connectivity index (χ0) is 18.8. The molecule has 1 amide bonds. The Morgan fingerprint density at radius 2 is 1.81 bits per heavy atom. The first-order valence-corrected chi connectivity index (χ1v) is 7.90. The van der Waals surface area contributed by atoms with Crippen LogP contribution in [-0.2, 0) is 25.3 Å². The number of ether oxygens (including phenoxy) is 1. The van der Waals surface area contributed by atoms with Gasteiger partial charge in [0.1, 0.15) is 11.1 Å². The molecule has 2 heterocycles. The lowest BCUT2D eigenvalue weighted by molar-refractivity contribution is -0.115. The summed E-state index contributed by atoms with van der Waals surface area (Å²) < 4.78 is 7.35. The summed E-state index contributed by atoms with van der Waals surface area (Å²) >= 11 is 0. The van der Waals surface area contributed by atoms with E-state index in [1.165, 1.54) is 24.9 Å². The van der Waals surface area contributed by atoms with Crippen LogP contribution in [0.4, 0.5) is 5.69 Å². The van der Waals surface area contributed by atoms with Crippen LogP contribution in [0.15, 0.2) is 46.1 Å². The second kappa shape index (κ2) is 6.83. The highest BCUT2D eigenvalue weighted by Crippen LogP contribution is 2.17. The Kier molecular flexibility index (Phi) is 4.57. The van der Waals surface area contributed by atoms with Crippen LogP contribution in [0.1, 0.15) is 5.56 Å². The van der Waals surface area contributed by atoms with Gasteiger partial charge in [-0.3, -0.25) is 18.7 Å². The van der Waals surface area contributed by atoms with Crippen LogP contribution < -0.4 is 21.3 Å². The molecule has 0 bridgehead atoms. The quantitative estimate of drug-likeness (QED) is 0.748. The van der Waals surface area contributed by atoms with Gasteiger partial charge in [0, 0.05) is 20.3 Å². The summed E-state index contributed by atoms with van der Waals surface area (Å²) in [7, 11) is 4.49. The van der Waals surface area contributed by atoms with Gasteiger partial charge >= 0.3 is 5.69 Å². The molecule has 3 rings (SSSR count). The summed E-state index contributed by atoms with van der Waals surface area (Å²) in [5, 5.41) is 2.93. The number of aryl methyl sites for hydroxylation is 1. The van der Waals surface area contributed by atoms with Crippen LogP contribution in [0.25, 0.3) is 11.0 Å². The number of benzene rings is 1. The van der Waals surface area contributed by atoms with E-state index in [4.69, 9.17) is 4.74 Å². The number of carbonyl (C=O) groups excluding carboxylic acids is 1. The molecule has 0 aliphatic rings.